The molecule has 1 aliphatic heterocycles. The van der Waals surface area contributed by atoms with Gasteiger partial charge in [0, 0.05) is 23.6 Å². The summed E-state index contributed by atoms with van der Waals surface area (Å²) in [6, 6.07) is 1.78. The van der Waals surface area contributed by atoms with Crippen LogP contribution in [-0.4, -0.2) is 34.4 Å². The van der Waals surface area contributed by atoms with Gasteiger partial charge in [-0.2, -0.15) is 11.8 Å². The fourth-order valence-corrected chi connectivity index (χ4v) is 4.87. The maximum Gasteiger partial charge on any atom is 0.257 e. The molecule has 0 bridgehead atoms. The van der Waals surface area contributed by atoms with Crippen LogP contribution in [0, 0.1) is 0 Å². The lowest BCUT2D eigenvalue weighted by atomic mass is 9.87. The first-order chi connectivity index (χ1) is 9.72. The van der Waals surface area contributed by atoms with Crippen molar-refractivity contribution >= 4 is 30.1 Å². The van der Waals surface area contributed by atoms with Crippen LogP contribution >= 0.6 is 24.2 Å². The topological polar surface area (TPSA) is 59.5 Å². The molecule has 2 fully saturated rings. The molecule has 0 atom stereocenters. The molecule has 0 radical (unpaired) electrons. The average molecular weight is 331 g/mol. The van der Waals surface area contributed by atoms with E-state index in [1.54, 1.807) is 12.3 Å². The Kier molecular flexibility index (Phi) is 5.63. The molecule has 1 spiro atoms. The van der Waals surface area contributed by atoms with Crippen molar-refractivity contribution in [2.24, 2.45) is 5.73 Å². The summed E-state index contributed by atoms with van der Waals surface area (Å²) in [4.78, 5) is 14.6. The van der Waals surface area contributed by atoms with E-state index in [4.69, 9.17) is 10.2 Å². The first kappa shape index (κ1) is 16.7. The number of thioether (sulfide) groups is 1. The van der Waals surface area contributed by atoms with E-state index in [0.29, 0.717) is 22.6 Å². The highest BCUT2D eigenvalue weighted by Crippen LogP contribution is 2.43. The van der Waals surface area contributed by atoms with Crippen LogP contribution in [0.3, 0.4) is 0 Å². The zero-order valence-electron chi connectivity index (χ0n) is 12.2. The third-order valence-corrected chi connectivity index (χ3v) is 5.94. The molecule has 4 nitrogen and oxygen atoms in total. The van der Waals surface area contributed by atoms with Crippen LogP contribution < -0.4 is 5.73 Å². The van der Waals surface area contributed by atoms with E-state index in [9.17, 15) is 4.79 Å². The molecule has 6 heteroatoms. The number of hydrogen-bond donors (Lipinski definition) is 1. The number of rotatable bonds is 2. The first-order valence-electron chi connectivity index (χ1n) is 7.43. The molecule has 21 heavy (non-hydrogen) atoms. The number of hydrogen-bond acceptors (Lipinski definition) is 4. The SMILES string of the molecule is Cl.NCc1cc(C(=O)N2CCSC3(CCCCC3)C2)co1. The highest BCUT2D eigenvalue weighted by Gasteiger charge is 2.39. The lowest BCUT2D eigenvalue weighted by molar-refractivity contribution is 0.0729. The average Bonchev–Trinajstić information content (AvgIpc) is 2.96. The minimum absolute atomic E-state index is 0. The third-order valence-electron chi connectivity index (χ3n) is 4.40. The van der Waals surface area contributed by atoms with Gasteiger partial charge in [0.05, 0.1) is 12.1 Å². The van der Waals surface area contributed by atoms with Gasteiger partial charge < -0.3 is 15.1 Å². The Morgan fingerprint density at radius 1 is 1.38 bits per heavy atom. The van der Waals surface area contributed by atoms with E-state index >= 15 is 0 Å². The molecule has 2 aliphatic rings. The summed E-state index contributed by atoms with van der Waals surface area (Å²) < 4.78 is 5.60. The predicted molar refractivity (Wildman–Crippen MR) is 88.0 cm³/mol. The maximum atomic E-state index is 12.6. The Morgan fingerprint density at radius 2 is 2.14 bits per heavy atom. The van der Waals surface area contributed by atoms with Gasteiger partial charge in [-0.3, -0.25) is 4.79 Å². The number of carbonyl (C=O) groups is 1. The lowest BCUT2D eigenvalue weighted by Crippen LogP contribution is -2.49. The van der Waals surface area contributed by atoms with Gasteiger partial charge in [-0.1, -0.05) is 19.3 Å². The van der Waals surface area contributed by atoms with Gasteiger partial charge in [0.25, 0.3) is 5.91 Å². The molecule has 2 heterocycles. The number of nitrogens with zero attached hydrogens (tertiary/aromatic N) is 1. The Morgan fingerprint density at radius 3 is 2.81 bits per heavy atom. The van der Waals surface area contributed by atoms with Gasteiger partial charge in [0.1, 0.15) is 12.0 Å². The Bertz CT molecular complexity index is 480. The van der Waals surface area contributed by atoms with Gasteiger partial charge >= 0.3 is 0 Å². The minimum atomic E-state index is 0. The van der Waals surface area contributed by atoms with E-state index in [1.165, 1.54) is 32.1 Å². The zero-order chi connectivity index (χ0) is 14.0. The van der Waals surface area contributed by atoms with E-state index in [-0.39, 0.29) is 18.3 Å². The Balaban J connectivity index is 0.00000161. The van der Waals surface area contributed by atoms with Gasteiger partial charge in [0.15, 0.2) is 0 Å². The summed E-state index contributed by atoms with van der Waals surface area (Å²) in [5, 5.41) is 0. The molecule has 1 saturated heterocycles. The minimum Gasteiger partial charge on any atom is -0.467 e. The molecular weight excluding hydrogens is 308 g/mol. The second-order valence-corrected chi connectivity index (χ2v) is 7.39. The van der Waals surface area contributed by atoms with Crippen molar-refractivity contribution in [1.82, 2.24) is 4.90 Å². The summed E-state index contributed by atoms with van der Waals surface area (Å²) in [7, 11) is 0. The summed E-state index contributed by atoms with van der Waals surface area (Å²) in [5.74, 6) is 1.82. The van der Waals surface area contributed by atoms with Crippen LogP contribution in [-0.2, 0) is 6.54 Å². The molecule has 2 N–H and O–H groups in total. The smallest absolute Gasteiger partial charge is 0.257 e. The molecule has 1 saturated carbocycles. The van der Waals surface area contributed by atoms with Crippen molar-refractivity contribution in [2.75, 3.05) is 18.8 Å². The molecule has 1 aromatic rings. The second kappa shape index (κ2) is 7.07. The Labute approximate surface area is 136 Å². The maximum absolute atomic E-state index is 12.6. The van der Waals surface area contributed by atoms with E-state index in [0.717, 1.165) is 18.8 Å². The highest BCUT2D eigenvalue weighted by molar-refractivity contribution is 8.00. The number of carbonyl (C=O) groups excluding carboxylic acids is 1. The quantitative estimate of drug-likeness (QED) is 0.905. The number of furan rings is 1. The molecule has 0 unspecified atom stereocenters. The molecule has 1 aromatic heterocycles. The van der Waals surface area contributed by atoms with Crippen LogP contribution in [0.2, 0.25) is 0 Å². The van der Waals surface area contributed by atoms with Gasteiger partial charge in [-0.15, -0.1) is 12.4 Å². The predicted octanol–water partition coefficient (Wildman–Crippen LogP) is 3.05. The van der Waals surface area contributed by atoms with Gasteiger partial charge in [-0.05, 0) is 18.9 Å². The first-order valence-corrected chi connectivity index (χ1v) is 8.42. The standard InChI is InChI=1S/C15H22N2O2S.ClH/c16-9-13-8-12(10-19-13)14(18)17-6-7-20-15(11-17)4-2-1-3-5-15;/h8,10H,1-7,9,11,16H2;1H. The highest BCUT2D eigenvalue weighted by atomic mass is 35.5. The van der Waals surface area contributed by atoms with Crippen LogP contribution in [0.5, 0.6) is 0 Å². The monoisotopic (exact) mass is 330 g/mol. The number of halogens is 1. The van der Waals surface area contributed by atoms with Crippen molar-refractivity contribution in [3.8, 4) is 0 Å². The normalized spacial score (nSPS) is 21.1. The summed E-state index contributed by atoms with van der Waals surface area (Å²) in [6.45, 7) is 2.07. The van der Waals surface area contributed by atoms with Crippen LogP contribution in [0.4, 0.5) is 0 Å². The van der Waals surface area contributed by atoms with Crippen molar-refractivity contribution in [3.05, 3.63) is 23.7 Å². The van der Waals surface area contributed by atoms with Crippen LogP contribution in [0.1, 0.15) is 48.2 Å². The summed E-state index contributed by atoms with van der Waals surface area (Å²) in [6.07, 6.45) is 8.00. The fourth-order valence-electron chi connectivity index (χ4n) is 3.30. The van der Waals surface area contributed by atoms with Crippen molar-refractivity contribution in [1.29, 1.82) is 0 Å². The molecule has 3 rings (SSSR count). The number of nitrogens with two attached hydrogens (primary N) is 1. The summed E-state index contributed by atoms with van der Waals surface area (Å²) >= 11 is 2.08. The van der Waals surface area contributed by atoms with Crippen LogP contribution in [0.15, 0.2) is 16.7 Å². The largest absolute Gasteiger partial charge is 0.467 e. The number of amides is 1. The summed E-state index contributed by atoms with van der Waals surface area (Å²) in [5.41, 5.74) is 6.17. The molecule has 118 valence electrons. The van der Waals surface area contributed by atoms with E-state index < -0.39 is 0 Å². The fraction of sp³-hybridized carbons (Fsp3) is 0.667. The molecular formula is C15H23ClN2O2S. The van der Waals surface area contributed by atoms with Crippen molar-refractivity contribution in [3.63, 3.8) is 0 Å². The zero-order valence-corrected chi connectivity index (χ0v) is 13.8. The lowest BCUT2D eigenvalue weighted by Gasteiger charge is -2.44. The van der Waals surface area contributed by atoms with Gasteiger partial charge in [-0.25, -0.2) is 0 Å². The molecule has 1 amide bonds. The molecule has 0 aromatic carbocycles. The van der Waals surface area contributed by atoms with Gasteiger partial charge in [0.2, 0.25) is 0 Å². The Hall–Kier alpha value is -0.650. The van der Waals surface area contributed by atoms with E-state index in [2.05, 4.69) is 11.8 Å². The molecule has 1 aliphatic carbocycles. The van der Waals surface area contributed by atoms with E-state index in [1.807, 2.05) is 4.90 Å². The third kappa shape index (κ3) is 3.58. The second-order valence-electron chi connectivity index (χ2n) is 5.82. The van der Waals surface area contributed by atoms with Crippen LogP contribution in [0.25, 0.3) is 0 Å². The van der Waals surface area contributed by atoms with Crippen molar-refractivity contribution in [2.45, 2.75) is 43.4 Å². The van der Waals surface area contributed by atoms with Crippen molar-refractivity contribution < 1.29 is 9.21 Å².